The third-order valence-electron chi connectivity index (χ3n) is 2.16. The molecule has 1 amide bonds. The maximum absolute atomic E-state index is 10.8. The maximum Gasteiger partial charge on any atom is 0.306 e. The Labute approximate surface area is 103 Å². The normalized spacial score (nSPS) is 11.8. The molecule has 1 aromatic rings. The fraction of sp³-hybridized carbons (Fsp3) is 0.400. The van der Waals surface area contributed by atoms with Crippen LogP contribution in [0.5, 0.6) is 0 Å². The molecule has 4 N–H and O–H groups in total. The number of carbonyl (C=O) groups excluding carboxylic acids is 1. The van der Waals surface area contributed by atoms with Crippen molar-refractivity contribution in [3.05, 3.63) is 17.8 Å². The van der Waals surface area contributed by atoms with Crippen molar-refractivity contribution in [1.29, 1.82) is 0 Å². The predicted molar refractivity (Wildman–Crippen MR) is 62.1 cm³/mol. The van der Waals surface area contributed by atoms with Gasteiger partial charge in [0.15, 0.2) is 5.69 Å². The van der Waals surface area contributed by atoms with Crippen LogP contribution in [0, 0.1) is 0 Å². The predicted octanol–water partition coefficient (Wildman–Crippen LogP) is -0.523. The molecule has 0 aromatic carbocycles. The van der Waals surface area contributed by atoms with Crippen LogP contribution in [-0.4, -0.2) is 46.9 Å². The molecule has 8 heteroatoms. The molecule has 0 radical (unpaired) electrons. The third-order valence-corrected chi connectivity index (χ3v) is 2.16. The van der Waals surface area contributed by atoms with Gasteiger partial charge in [-0.2, -0.15) is 0 Å². The number of carboxylic acids is 1. The number of hydrogen-bond donors (Lipinski definition) is 3. The van der Waals surface area contributed by atoms with Gasteiger partial charge in [0.1, 0.15) is 5.82 Å². The summed E-state index contributed by atoms with van der Waals surface area (Å²) in [5.41, 5.74) is 5.08. The first kappa shape index (κ1) is 13.8. The summed E-state index contributed by atoms with van der Waals surface area (Å²) < 4.78 is 4.98. The molecule has 1 unspecified atom stereocenters. The Balaban J connectivity index is 2.52. The van der Waals surface area contributed by atoms with Crippen molar-refractivity contribution in [3.63, 3.8) is 0 Å². The molecule has 0 spiro atoms. The summed E-state index contributed by atoms with van der Waals surface area (Å²) in [4.78, 5) is 21.3. The molecule has 18 heavy (non-hydrogen) atoms. The van der Waals surface area contributed by atoms with Gasteiger partial charge in [0.25, 0.3) is 5.91 Å². The molecule has 0 bridgehead atoms. The van der Waals surface area contributed by atoms with Gasteiger partial charge in [-0.1, -0.05) is 0 Å². The number of nitrogens with one attached hydrogen (secondary N) is 1. The second-order valence-corrected chi connectivity index (χ2v) is 3.50. The number of carbonyl (C=O) groups is 2. The summed E-state index contributed by atoms with van der Waals surface area (Å²) in [6, 6.07) is 2.96. The number of aliphatic carboxylic acids is 1. The summed E-state index contributed by atoms with van der Waals surface area (Å²) >= 11 is 0. The van der Waals surface area contributed by atoms with Crippen LogP contribution in [0.15, 0.2) is 12.1 Å². The van der Waals surface area contributed by atoms with Crippen molar-refractivity contribution in [3.8, 4) is 0 Å². The molecule has 98 valence electrons. The van der Waals surface area contributed by atoms with E-state index in [4.69, 9.17) is 15.6 Å². The monoisotopic (exact) mass is 254 g/mol. The first-order chi connectivity index (χ1) is 8.52. The van der Waals surface area contributed by atoms with Gasteiger partial charge in [-0.3, -0.25) is 9.59 Å². The Bertz CT molecular complexity index is 420. The highest BCUT2D eigenvalue weighted by Crippen LogP contribution is 2.04. The smallest absolute Gasteiger partial charge is 0.306 e. The fourth-order valence-corrected chi connectivity index (χ4v) is 1.21. The molecular weight excluding hydrogens is 240 g/mol. The Kier molecular flexibility index (Phi) is 5.00. The van der Waals surface area contributed by atoms with Crippen LogP contribution in [0.2, 0.25) is 0 Å². The topological polar surface area (TPSA) is 127 Å². The molecule has 0 fully saturated rings. The second kappa shape index (κ2) is 6.50. The van der Waals surface area contributed by atoms with Gasteiger partial charge in [0.2, 0.25) is 0 Å². The number of anilines is 1. The first-order valence-electron chi connectivity index (χ1n) is 5.15. The van der Waals surface area contributed by atoms with Crippen LogP contribution in [0.1, 0.15) is 16.9 Å². The highest BCUT2D eigenvalue weighted by atomic mass is 16.5. The largest absolute Gasteiger partial charge is 0.481 e. The Morgan fingerprint density at radius 3 is 2.67 bits per heavy atom. The molecule has 0 aliphatic heterocycles. The SMILES string of the molecule is COC(CNc1ccc(C(N)=O)nn1)CC(=O)O. The molecule has 0 saturated heterocycles. The minimum atomic E-state index is -0.946. The number of amides is 1. The summed E-state index contributed by atoms with van der Waals surface area (Å²) in [5.74, 6) is -1.19. The molecule has 0 aliphatic rings. The van der Waals surface area contributed by atoms with Crippen LogP contribution < -0.4 is 11.1 Å². The van der Waals surface area contributed by atoms with Crippen molar-refractivity contribution in [1.82, 2.24) is 10.2 Å². The molecule has 0 saturated carbocycles. The van der Waals surface area contributed by atoms with Crippen LogP contribution in [0.3, 0.4) is 0 Å². The number of ether oxygens (including phenoxy) is 1. The van der Waals surface area contributed by atoms with E-state index < -0.39 is 18.0 Å². The number of nitrogens with two attached hydrogens (primary N) is 1. The standard InChI is InChI=1S/C10H14N4O4/c1-18-6(4-9(15)16)5-12-8-3-2-7(10(11)17)13-14-8/h2-3,6H,4-5H2,1H3,(H2,11,17)(H,12,14)(H,15,16). The molecule has 0 aliphatic carbocycles. The van der Waals surface area contributed by atoms with Crippen molar-refractivity contribution >= 4 is 17.7 Å². The van der Waals surface area contributed by atoms with E-state index in [0.29, 0.717) is 5.82 Å². The number of carboxylic acid groups (broad SMARTS) is 1. The lowest BCUT2D eigenvalue weighted by atomic mass is 10.2. The molecule has 1 rings (SSSR count). The summed E-state index contributed by atoms with van der Waals surface area (Å²) in [5, 5.41) is 18.8. The van der Waals surface area contributed by atoms with E-state index in [1.807, 2.05) is 0 Å². The van der Waals surface area contributed by atoms with E-state index in [1.54, 1.807) is 0 Å². The average Bonchev–Trinajstić information content (AvgIpc) is 2.34. The third kappa shape index (κ3) is 4.34. The number of methoxy groups -OCH3 is 1. The molecular formula is C10H14N4O4. The van der Waals surface area contributed by atoms with Crippen molar-refractivity contribution in [2.45, 2.75) is 12.5 Å². The number of aromatic nitrogens is 2. The zero-order valence-corrected chi connectivity index (χ0v) is 9.79. The minimum absolute atomic E-state index is 0.0642. The van der Waals surface area contributed by atoms with Crippen molar-refractivity contribution < 1.29 is 19.4 Å². The lowest BCUT2D eigenvalue weighted by Crippen LogP contribution is -2.25. The van der Waals surface area contributed by atoms with Crippen LogP contribution in [0.4, 0.5) is 5.82 Å². The maximum atomic E-state index is 10.8. The first-order valence-corrected chi connectivity index (χ1v) is 5.15. The van der Waals surface area contributed by atoms with Gasteiger partial charge >= 0.3 is 5.97 Å². The number of rotatable bonds is 7. The molecule has 1 heterocycles. The van der Waals surface area contributed by atoms with E-state index in [0.717, 1.165) is 0 Å². The average molecular weight is 254 g/mol. The van der Waals surface area contributed by atoms with Crippen LogP contribution >= 0.6 is 0 Å². The fourth-order valence-electron chi connectivity index (χ4n) is 1.21. The molecule has 8 nitrogen and oxygen atoms in total. The van der Waals surface area contributed by atoms with Gasteiger partial charge in [0.05, 0.1) is 12.5 Å². The number of nitrogens with zero attached hydrogens (tertiary/aromatic N) is 2. The van der Waals surface area contributed by atoms with Gasteiger partial charge in [-0.25, -0.2) is 0 Å². The lowest BCUT2D eigenvalue weighted by Gasteiger charge is -2.13. The molecule has 1 aromatic heterocycles. The van der Waals surface area contributed by atoms with E-state index in [-0.39, 0.29) is 18.7 Å². The van der Waals surface area contributed by atoms with Crippen LogP contribution in [0.25, 0.3) is 0 Å². The number of primary amides is 1. The van der Waals surface area contributed by atoms with E-state index >= 15 is 0 Å². The highest BCUT2D eigenvalue weighted by molar-refractivity contribution is 5.90. The van der Waals surface area contributed by atoms with Gasteiger partial charge < -0.3 is 20.9 Å². The Morgan fingerprint density at radius 1 is 1.50 bits per heavy atom. The zero-order valence-electron chi connectivity index (χ0n) is 9.79. The van der Waals surface area contributed by atoms with Crippen LogP contribution in [-0.2, 0) is 9.53 Å². The molecule has 1 atom stereocenters. The van der Waals surface area contributed by atoms with E-state index in [9.17, 15) is 9.59 Å². The van der Waals surface area contributed by atoms with E-state index in [1.165, 1.54) is 19.2 Å². The van der Waals surface area contributed by atoms with Gasteiger partial charge in [0, 0.05) is 13.7 Å². The van der Waals surface area contributed by atoms with Gasteiger partial charge in [-0.05, 0) is 12.1 Å². The Morgan fingerprint density at radius 2 is 2.22 bits per heavy atom. The van der Waals surface area contributed by atoms with Gasteiger partial charge in [-0.15, -0.1) is 10.2 Å². The summed E-state index contributed by atoms with van der Waals surface area (Å²) in [7, 11) is 1.43. The minimum Gasteiger partial charge on any atom is -0.481 e. The number of hydrogen-bond acceptors (Lipinski definition) is 6. The van der Waals surface area contributed by atoms with Crippen molar-refractivity contribution in [2.24, 2.45) is 5.73 Å². The quantitative estimate of drug-likeness (QED) is 0.597. The van der Waals surface area contributed by atoms with E-state index in [2.05, 4.69) is 15.5 Å². The lowest BCUT2D eigenvalue weighted by molar-refractivity contribution is -0.139. The highest BCUT2D eigenvalue weighted by Gasteiger charge is 2.12. The second-order valence-electron chi connectivity index (χ2n) is 3.50. The zero-order chi connectivity index (χ0) is 13.5. The van der Waals surface area contributed by atoms with Crippen molar-refractivity contribution in [2.75, 3.05) is 19.0 Å². The summed E-state index contributed by atoms with van der Waals surface area (Å²) in [6.45, 7) is 0.271. The Hall–Kier alpha value is -2.22. The summed E-state index contributed by atoms with van der Waals surface area (Å²) in [6.07, 6.45) is -0.587.